The Kier molecular flexibility index (Phi) is 4.22. The third-order valence-corrected chi connectivity index (χ3v) is 3.86. The first-order chi connectivity index (χ1) is 11.4. The third kappa shape index (κ3) is 3.23. The molecule has 2 N–H and O–H groups in total. The molecule has 128 valence electrons. The number of likely N-dealkylation sites (tertiary alicyclic amines) is 1. The van der Waals surface area contributed by atoms with Crippen LogP contribution in [0.3, 0.4) is 0 Å². The first-order valence-electron chi connectivity index (χ1n) is 7.25. The molecule has 0 unspecified atom stereocenters. The van der Waals surface area contributed by atoms with Gasteiger partial charge in [0.25, 0.3) is 11.7 Å². The molecule has 1 aliphatic rings. The second-order valence-corrected chi connectivity index (χ2v) is 5.44. The summed E-state index contributed by atoms with van der Waals surface area (Å²) in [4.78, 5) is 20.6. The number of rotatable bonds is 4. The van der Waals surface area contributed by atoms with E-state index in [0.717, 1.165) is 12.5 Å². The van der Waals surface area contributed by atoms with E-state index in [2.05, 4.69) is 15.1 Å². The fraction of sp³-hybridized carbons (Fsp3) is 0.429. The van der Waals surface area contributed by atoms with Crippen molar-refractivity contribution in [3.8, 4) is 0 Å². The predicted octanol–water partition coefficient (Wildman–Crippen LogP) is 1.92. The molecule has 1 amide bonds. The largest absolute Gasteiger partial charge is 0.418 e. The van der Waals surface area contributed by atoms with E-state index in [1.807, 2.05) is 0 Å². The van der Waals surface area contributed by atoms with Gasteiger partial charge in [-0.05, 0) is 31.5 Å². The van der Waals surface area contributed by atoms with Gasteiger partial charge in [0.15, 0.2) is 0 Å². The fourth-order valence-electron chi connectivity index (χ4n) is 2.78. The molecule has 2 aromatic rings. The molecule has 3 heterocycles. The Hall–Kier alpha value is -2.49. The zero-order chi connectivity index (χ0) is 17.3. The maximum absolute atomic E-state index is 13.1. The van der Waals surface area contributed by atoms with Gasteiger partial charge in [0.05, 0.1) is 17.3 Å². The third-order valence-electron chi connectivity index (χ3n) is 3.86. The quantitative estimate of drug-likeness (QED) is 0.912. The number of aromatic nitrogens is 3. The summed E-state index contributed by atoms with van der Waals surface area (Å²) in [5.41, 5.74) is 4.25. The van der Waals surface area contributed by atoms with Gasteiger partial charge in [-0.25, -0.2) is 0 Å². The number of hydrogen-bond acceptors (Lipinski definition) is 6. The van der Waals surface area contributed by atoms with Crippen molar-refractivity contribution in [1.82, 2.24) is 20.0 Å². The summed E-state index contributed by atoms with van der Waals surface area (Å²) in [6, 6.07) is 1.89. The van der Waals surface area contributed by atoms with Crippen molar-refractivity contribution in [3.05, 3.63) is 41.3 Å². The van der Waals surface area contributed by atoms with E-state index in [0.29, 0.717) is 13.0 Å². The number of carbonyl (C=O) groups is 1. The van der Waals surface area contributed by atoms with E-state index >= 15 is 0 Å². The van der Waals surface area contributed by atoms with Crippen molar-refractivity contribution in [2.24, 2.45) is 5.73 Å². The molecule has 0 radical (unpaired) electrons. The first kappa shape index (κ1) is 16.4. The monoisotopic (exact) mass is 341 g/mol. The lowest BCUT2D eigenvalue weighted by atomic mass is 10.1. The molecule has 3 rings (SSSR count). The van der Waals surface area contributed by atoms with Crippen molar-refractivity contribution >= 4 is 5.91 Å². The second kappa shape index (κ2) is 6.19. The molecule has 1 saturated heterocycles. The van der Waals surface area contributed by atoms with Crippen molar-refractivity contribution in [2.45, 2.75) is 31.6 Å². The van der Waals surface area contributed by atoms with E-state index in [9.17, 15) is 18.0 Å². The number of carbonyl (C=O) groups excluding carboxylic acids is 1. The molecule has 0 bridgehead atoms. The average molecular weight is 341 g/mol. The van der Waals surface area contributed by atoms with Crippen molar-refractivity contribution in [2.75, 3.05) is 6.54 Å². The molecule has 1 atom stereocenters. The van der Waals surface area contributed by atoms with E-state index in [-0.39, 0.29) is 30.0 Å². The minimum Gasteiger partial charge on any atom is -0.363 e. The number of nitrogens with zero attached hydrogens (tertiary/aromatic N) is 4. The van der Waals surface area contributed by atoms with Crippen LogP contribution in [0.15, 0.2) is 22.9 Å². The highest BCUT2D eigenvalue weighted by Gasteiger charge is 2.37. The van der Waals surface area contributed by atoms with Crippen molar-refractivity contribution in [1.29, 1.82) is 0 Å². The molecule has 0 aliphatic carbocycles. The first-order valence-corrected chi connectivity index (χ1v) is 7.25. The number of primary amides is 1. The Morgan fingerprint density at radius 1 is 1.46 bits per heavy atom. The zero-order valence-corrected chi connectivity index (χ0v) is 12.5. The maximum Gasteiger partial charge on any atom is 0.418 e. The lowest BCUT2D eigenvalue weighted by Crippen LogP contribution is -2.25. The SMILES string of the molecule is NC(=O)c1noc([C@@H]2CCCN2Cc2ncccc2C(F)(F)F)n1. The number of hydrogen-bond donors (Lipinski definition) is 1. The Morgan fingerprint density at radius 2 is 2.25 bits per heavy atom. The highest BCUT2D eigenvalue weighted by molar-refractivity contribution is 5.88. The van der Waals surface area contributed by atoms with E-state index in [1.54, 1.807) is 4.90 Å². The van der Waals surface area contributed by atoms with Gasteiger partial charge in [-0.15, -0.1) is 0 Å². The van der Waals surface area contributed by atoms with Gasteiger partial charge in [0, 0.05) is 12.7 Å². The minimum atomic E-state index is -4.47. The summed E-state index contributed by atoms with van der Waals surface area (Å²) in [6.45, 7) is 0.557. The number of alkyl halides is 3. The number of amides is 1. The minimum absolute atomic E-state index is 0.00532. The van der Waals surface area contributed by atoms with E-state index in [4.69, 9.17) is 10.3 Å². The summed E-state index contributed by atoms with van der Waals surface area (Å²) >= 11 is 0. The van der Waals surface area contributed by atoms with E-state index in [1.165, 1.54) is 12.3 Å². The Balaban J connectivity index is 1.83. The number of halogens is 3. The van der Waals surface area contributed by atoms with Gasteiger partial charge in [-0.3, -0.25) is 14.7 Å². The Morgan fingerprint density at radius 3 is 2.92 bits per heavy atom. The van der Waals surface area contributed by atoms with E-state index < -0.39 is 17.6 Å². The van der Waals surface area contributed by atoms with Crippen LogP contribution in [-0.4, -0.2) is 32.5 Å². The lowest BCUT2D eigenvalue weighted by Gasteiger charge is -2.22. The molecule has 24 heavy (non-hydrogen) atoms. The predicted molar refractivity (Wildman–Crippen MR) is 74.4 cm³/mol. The standard InChI is InChI=1S/C14H14F3N5O2/c15-14(16,17)8-3-1-5-19-9(8)7-22-6-2-4-10(22)13-20-12(11(18)23)21-24-13/h1,3,5,10H,2,4,6-7H2,(H2,18,23)/t10-/m0/s1. The maximum atomic E-state index is 13.1. The van der Waals surface area contributed by atoms with Crippen LogP contribution in [0.2, 0.25) is 0 Å². The summed E-state index contributed by atoms with van der Waals surface area (Å²) in [5.74, 6) is -0.893. The summed E-state index contributed by atoms with van der Waals surface area (Å²) in [5, 5.41) is 3.48. The summed E-state index contributed by atoms with van der Waals surface area (Å²) < 4.78 is 44.3. The van der Waals surface area contributed by atoms with Crippen LogP contribution in [-0.2, 0) is 12.7 Å². The molecule has 0 aromatic carbocycles. The van der Waals surface area contributed by atoms with Gasteiger partial charge >= 0.3 is 6.18 Å². The van der Waals surface area contributed by atoms with Gasteiger partial charge in [-0.1, -0.05) is 5.16 Å². The van der Waals surface area contributed by atoms with Crippen LogP contribution in [0.1, 0.15) is 46.7 Å². The lowest BCUT2D eigenvalue weighted by molar-refractivity contribution is -0.138. The molecular weight excluding hydrogens is 327 g/mol. The topological polar surface area (TPSA) is 98.1 Å². The number of pyridine rings is 1. The molecule has 1 fully saturated rings. The average Bonchev–Trinajstić information content (AvgIpc) is 3.15. The number of nitrogens with two attached hydrogens (primary N) is 1. The van der Waals surface area contributed by atoms with Crippen LogP contribution in [0.25, 0.3) is 0 Å². The summed E-state index contributed by atoms with van der Waals surface area (Å²) in [6.07, 6.45) is -1.75. The molecule has 10 heteroatoms. The highest BCUT2D eigenvalue weighted by atomic mass is 19.4. The molecule has 7 nitrogen and oxygen atoms in total. The smallest absolute Gasteiger partial charge is 0.363 e. The van der Waals surface area contributed by atoms with Crippen LogP contribution in [0.5, 0.6) is 0 Å². The fourth-order valence-corrected chi connectivity index (χ4v) is 2.78. The van der Waals surface area contributed by atoms with Gasteiger partial charge in [0.1, 0.15) is 0 Å². The van der Waals surface area contributed by atoms with Gasteiger partial charge in [0.2, 0.25) is 5.89 Å². The van der Waals surface area contributed by atoms with Crippen LogP contribution < -0.4 is 5.73 Å². The van der Waals surface area contributed by atoms with Crippen LogP contribution >= 0.6 is 0 Å². The molecule has 2 aromatic heterocycles. The molecule has 0 saturated carbocycles. The normalized spacial score (nSPS) is 18.9. The zero-order valence-electron chi connectivity index (χ0n) is 12.5. The molecule has 0 spiro atoms. The van der Waals surface area contributed by atoms with Gasteiger partial charge < -0.3 is 10.3 Å². The van der Waals surface area contributed by atoms with Crippen LogP contribution in [0, 0.1) is 0 Å². The molecule has 1 aliphatic heterocycles. The molecular formula is C14H14F3N5O2. The summed E-state index contributed by atoms with van der Waals surface area (Å²) in [7, 11) is 0. The second-order valence-electron chi connectivity index (χ2n) is 5.44. The Bertz CT molecular complexity index is 746. The van der Waals surface area contributed by atoms with Crippen molar-refractivity contribution in [3.63, 3.8) is 0 Å². The van der Waals surface area contributed by atoms with Crippen molar-refractivity contribution < 1.29 is 22.5 Å². The highest BCUT2D eigenvalue weighted by Crippen LogP contribution is 2.35. The van der Waals surface area contributed by atoms with Crippen LogP contribution in [0.4, 0.5) is 13.2 Å². The van der Waals surface area contributed by atoms with Gasteiger partial charge in [-0.2, -0.15) is 18.2 Å². The Labute approximate surface area is 134 Å².